The quantitative estimate of drug-likeness (QED) is 0.523. The third kappa shape index (κ3) is 5.11. The molecule has 3 heterocycles. The molecule has 5 N–H and O–H groups in total. The first kappa shape index (κ1) is 25.4. The van der Waals surface area contributed by atoms with Gasteiger partial charge in [0.1, 0.15) is 18.2 Å². The number of nitrogens with one attached hydrogen (secondary N) is 1. The van der Waals surface area contributed by atoms with E-state index in [1.807, 2.05) is 0 Å². The summed E-state index contributed by atoms with van der Waals surface area (Å²) in [5, 5.41) is 2.70. The number of carbonyl (C=O) groups excluding carboxylic acids is 2. The first-order valence-electron chi connectivity index (χ1n) is 11.2. The lowest BCUT2D eigenvalue weighted by Crippen LogP contribution is -2.61. The molecule has 0 aliphatic carbocycles. The van der Waals surface area contributed by atoms with Crippen LogP contribution in [0.25, 0.3) is 0 Å². The number of carbonyl (C=O) groups is 2. The Hall–Kier alpha value is -3.71. The van der Waals surface area contributed by atoms with Gasteiger partial charge in [0.05, 0.1) is 17.5 Å². The van der Waals surface area contributed by atoms with Gasteiger partial charge in [0.2, 0.25) is 17.6 Å². The SMILES string of the molecule is NC(=O)C1CCN(c2ncnc(N)c2F)C[C@@H]1N1CCC[C@@H](Nc2cc(F)cc(C(F)(F)F)c2)C1=O. The maximum Gasteiger partial charge on any atom is 0.416 e. The van der Waals surface area contributed by atoms with Gasteiger partial charge in [-0.15, -0.1) is 0 Å². The van der Waals surface area contributed by atoms with Crippen LogP contribution in [-0.2, 0) is 15.8 Å². The number of aromatic nitrogens is 2. The van der Waals surface area contributed by atoms with Crippen LogP contribution in [0, 0.1) is 17.6 Å². The topological polar surface area (TPSA) is 130 Å². The van der Waals surface area contributed by atoms with Crippen molar-refractivity contribution in [3.05, 3.63) is 41.7 Å². The fourth-order valence-electron chi connectivity index (χ4n) is 4.77. The lowest BCUT2D eigenvalue weighted by Gasteiger charge is -2.46. The summed E-state index contributed by atoms with van der Waals surface area (Å²) in [7, 11) is 0. The molecule has 9 nitrogen and oxygen atoms in total. The lowest BCUT2D eigenvalue weighted by atomic mass is 9.87. The molecule has 1 aromatic carbocycles. The van der Waals surface area contributed by atoms with Gasteiger partial charge >= 0.3 is 6.18 Å². The second-order valence-electron chi connectivity index (χ2n) is 8.80. The number of piperidine rings is 2. The molecule has 194 valence electrons. The number of amides is 2. The molecule has 2 aromatic rings. The number of nitrogens with zero attached hydrogens (tertiary/aromatic N) is 4. The van der Waals surface area contributed by atoms with Crippen molar-refractivity contribution in [2.24, 2.45) is 11.7 Å². The van der Waals surface area contributed by atoms with Crippen LogP contribution < -0.4 is 21.7 Å². The molecule has 4 rings (SSSR count). The van der Waals surface area contributed by atoms with Crippen molar-refractivity contribution in [1.82, 2.24) is 14.9 Å². The number of likely N-dealkylation sites (tertiary alicyclic amines) is 1. The predicted octanol–water partition coefficient (Wildman–Crippen LogP) is 2.14. The van der Waals surface area contributed by atoms with E-state index < -0.39 is 53.2 Å². The Balaban J connectivity index is 1.57. The van der Waals surface area contributed by atoms with Gasteiger partial charge in [0.15, 0.2) is 11.6 Å². The summed E-state index contributed by atoms with van der Waals surface area (Å²) in [4.78, 5) is 36.1. The van der Waals surface area contributed by atoms with E-state index in [0.29, 0.717) is 12.5 Å². The van der Waals surface area contributed by atoms with Crippen molar-refractivity contribution in [1.29, 1.82) is 0 Å². The molecule has 1 aromatic heterocycles. The minimum absolute atomic E-state index is 0.0254. The van der Waals surface area contributed by atoms with E-state index in [9.17, 15) is 31.5 Å². The molecule has 0 spiro atoms. The second-order valence-corrected chi connectivity index (χ2v) is 8.80. The average Bonchev–Trinajstić information content (AvgIpc) is 2.81. The van der Waals surface area contributed by atoms with Gasteiger partial charge in [-0.2, -0.15) is 17.6 Å². The zero-order chi connectivity index (χ0) is 26.2. The van der Waals surface area contributed by atoms with E-state index in [4.69, 9.17) is 11.5 Å². The van der Waals surface area contributed by atoms with E-state index >= 15 is 0 Å². The summed E-state index contributed by atoms with van der Waals surface area (Å²) in [6.45, 7) is 0.507. The molecule has 0 bridgehead atoms. The fraction of sp³-hybridized carbons (Fsp3) is 0.455. The molecule has 0 saturated carbocycles. The predicted molar refractivity (Wildman–Crippen MR) is 119 cm³/mol. The van der Waals surface area contributed by atoms with Gasteiger partial charge in [-0.1, -0.05) is 0 Å². The van der Waals surface area contributed by atoms with E-state index in [2.05, 4.69) is 15.3 Å². The van der Waals surface area contributed by atoms with Gasteiger partial charge in [0.25, 0.3) is 0 Å². The van der Waals surface area contributed by atoms with Crippen molar-refractivity contribution in [3.8, 4) is 0 Å². The summed E-state index contributed by atoms with van der Waals surface area (Å²) in [5.74, 6) is -4.21. The number of alkyl halides is 3. The summed E-state index contributed by atoms with van der Waals surface area (Å²) in [5.41, 5.74) is 9.76. The van der Waals surface area contributed by atoms with E-state index in [1.165, 1.54) is 4.90 Å². The second kappa shape index (κ2) is 9.74. The number of primary amides is 1. The largest absolute Gasteiger partial charge is 0.416 e. The molecular formula is C22H24F5N7O2. The number of nitrogen functional groups attached to an aromatic ring is 1. The number of halogens is 5. The Bertz CT molecular complexity index is 1160. The molecule has 2 aliphatic heterocycles. The summed E-state index contributed by atoms with van der Waals surface area (Å²) in [6, 6.07) is 0.261. The molecule has 0 radical (unpaired) electrons. The van der Waals surface area contributed by atoms with E-state index in [-0.39, 0.29) is 49.8 Å². The maximum atomic E-state index is 14.6. The zero-order valence-corrected chi connectivity index (χ0v) is 18.9. The Morgan fingerprint density at radius 1 is 1.11 bits per heavy atom. The van der Waals surface area contributed by atoms with Gasteiger partial charge in [0, 0.05) is 25.3 Å². The van der Waals surface area contributed by atoms with Crippen molar-refractivity contribution in [2.45, 2.75) is 37.5 Å². The van der Waals surface area contributed by atoms with Crippen LogP contribution in [0.5, 0.6) is 0 Å². The first-order valence-corrected chi connectivity index (χ1v) is 11.2. The van der Waals surface area contributed by atoms with Crippen LogP contribution >= 0.6 is 0 Å². The van der Waals surface area contributed by atoms with E-state index in [1.54, 1.807) is 4.90 Å². The number of benzene rings is 1. The molecule has 2 aliphatic rings. The standard InChI is InChI=1S/C22H24F5N7O2/c23-12-6-11(22(25,26)27)7-13(8-12)32-15-2-1-4-34(21(15)36)16-9-33(5-3-14(16)19(29)35)20-17(24)18(28)30-10-31-20/h6-8,10,14-16,32H,1-5,9H2,(H2,29,35)(H2,28,30,31)/t14?,15-,16+/m1/s1. The third-order valence-corrected chi connectivity index (χ3v) is 6.48. The highest BCUT2D eigenvalue weighted by molar-refractivity contribution is 5.87. The number of anilines is 3. The van der Waals surface area contributed by atoms with Crippen LogP contribution in [0.1, 0.15) is 24.8 Å². The minimum atomic E-state index is -4.76. The maximum absolute atomic E-state index is 14.6. The monoisotopic (exact) mass is 513 g/mol. The highest BCUT2D eigenvalue weighted by atomic mass is 19.4. The Kier molecular flexibility index (Phi) is 6.87. The molecule has 14 heteroatoms. The van der Waals surface area contributed by atoms with Gasteiger partial charge < -0.3 is 26.6 Å². The molecule has 3 atom stereocenters. The van der Waals surface area contributed by atoms with Crippen LogP contribution in [0.2, 0.25) is 0 Å². The minimum Gasteiger partial charge on any atom is -0.381 e. The molecule has 2 amide bonds. The Labute approximate surface area is 202 Å². The normalized spacial score (nSPS) is 23.0. The molecule has 2 saturated heterocycles. The molecular weight excluding hydrogens is 489 g/mol. The highest BCUT2D eigenvalue weighted by Gasteiger charge is 2.43. The number of hydrogen-bond acceptors (Lipinski definition) is 7. The Morgan fingerprint density at radius 2 is 1.86 bits per heavy atom. The highest BCUT2D eigenvalue weighted by Crippen LogP contribution is 2.33. The van der Waals surface area contributed by atoms with Crippen molar-refractivity contribution in [3.63, 3.8) is 0 Å². The van der Waals surface area contributed by atoms with Crippen LogP contribution in [0.15, 0.2) is 24.5 Å². The summed E-state index contributed by atoms with van der Waals surface area (Å²) >= 11 is 0. The average molecular weight is 513 g/mol. The number of nitrogens with two attached hydrogens (primary N) is 2. The van der Waals surface area contributed by atoms with Gasteiger partial charge in [-0.05, 0) is 37.5 Å². The van der Waals surface area contributed by atoms with Crippen molar-refractivity contribution >= 4 is 29.1 Å². The van der Waals surface area contributed by atoms with Crippen LogP contribution in [0.3, 0.4) is 0 Å². The fourth-order valence-corrected chi connectivity index (χ4v) is 4.77. The lowest BCUT2D eigenvalue weighted by molar-refractivity contribution is -0.140. The van der Waals surface area contributed by atoms with Crippen molar-refractivity contribution in [2.75, 3.05) is 35.6 Å². The first-order chi connectivity index (χ1) is 17.0. The molecule has 36 heavy (non-hydrogen) atoms. The van der Waals surface area contributed by atoms with Gasteiger partial charge in [-0.3, -0.25) is 9.59 Å². The van der Waals surface area contributed by atoms with Gasteiger partial charge in [-0.25, -0.2) is 14.4 Å². The summed E-state index contributed by atoms with van der Waals surface area (Å²) in [6.07, 6.45) is -2.71. The number of rotatable bonds is 5. The smallest absolute Gasteiger partial charge is 0.381 e. The zero-order valence-electron chi connectivity index (χ0n) is 18.9. The van der Waals surface area contributed by atoms with Crippen LogP contribution in [0.4, 0.5) is 39.3 Å². The van der Waals surface area contributed by atoms with E-state index in [0.717, 1.165) is 18.5 Å². The van der Waals surface area contributed by atoms with Crippen LogP contribution in [-0.4, -0.2) is 58.4 Å². The Morgan fingerprint density at radius 3 is 2.56 bits per heavy atom. The molecule has 1 unspecified atom stereocenters. The third-order valence-electron chi connectivity index (χ3n) is 6.48. The number of hydrogen-bond donors (Lipinski definition) is 3. The summed E-state index contributed by atoms with van der Waals surface area (Å²) < 4.78 is 67.7. The molecule has 2 fully saturated rings. The van der Waals surface area contributed by atoms with Crippen molar-refractivity contribution < 1.29 is 31.5 Å².